The van der Waals surface area contributed by atoms with E-state index in [-0.39, 0.29) is 0 Å². The van der Waals surface area contributed by atoms with Gasteiger partial charge in [0.1, 0.15) is 0 Å². The zero-order valence-corrected chi connectivity index (χ0v) is 15.4. The normalized spacial score (nSPS) is 17.5. The lowest BCUT2D eigenvalue weighted by Gasteiger charge is -2.20. The summed E-state index contributed by atoms with van der Waals surface area (Å²) < 4.78 is 3.23. The molecule has 1 atom stereocenters. The molecular formula is C17H30BrN3. The van der Waals surface area contributed by atoms with Gasteiger partial charge in [0.2, 0.25) is 0 Å². The molecular weight excluding hydrogens is 326 g/mol. The molecule has 1 saturated carbocycles. The molecule has 0 saturated heterocycles. The Morgan fingerprint density at radius 2 is 2.10 bits per heavy atom. The number of aryl methyl sites for hydroxylation is 2. The number of rotatable bonds is 8. The number of aromatic nitrogens is 2. The molecule has 1 aliphatic rings. The third-order valence-corrected chi connectivity index (χ3v) is 5.81. The minimum atomic E-state index is 0.580. The highest BCUT2D eigenvalue weighted by molar-refractivity contribution is 9.10. The van der Waals surface area contributed by atoms with Crippen molar-refractivity contribution in [2.45, 2.75) is 71.3 Å². The molecule has 1 heterocycles. The Morgan fingerprint density at radius 3 is 2.67 bits per heavy atom. The Morgan fingerprint density at radius 1 is 1.38 bits per heavy atom. The van der Waals surface area contributed by atoms with Gasteiger partial charge in [0, 0.05) is 19.5 Å². The van der Waals surface area contributed by atoms with Crippen LogP contribution in [0.15, 0.2) is 4.47 Å². The largest absolute Gasteiger partial charge is 0.314 e. The van der Waals surface area contributed by atoms with Crippen molar-refractivity contribution >= 4 is 15.9 Å². The second-order valence-corrected chi connectivity index (χ2v) is 7.35. The van der Waals surface area contributed by atoms with Crippen molar-refractivity contribution in [3.63, 3.8) is 0 Å². The first-order chi connectivity index (χ1) is 10.1. The van der Waals surface area contributed by atoms with E-state index in [1.165, 1.54) is 55.1 Å². The quantitative estimate of drug-likeness (QED) is 0.750. The van der Waals surface area contributed by atoms with Crippen molar-refractivity contribution in [2.24, 2.45) is 13.0 Å². The van der Waals surface area contributed by atoms with Gasteiger partial charge in [0.05, 0.1) is 15.9 Å². The lowest BCUT2D eigenvalue weighted by atomic mass is 9.96. The van der Waals surface area contributed by atoms with Crippen LogP contribution < -0.4 is 5.32 Å². The highest BCUT2D eigenvalue weighted by Crippen LogP contribution is 2.30. The van der Waals surface area contributed by atoms with Gasteiger partial charge in [-0.3, -0.25) is 4.68 Å². The Balaban J connectivity index is 1.94. The summed E-state index contributed by atoms with van der Waals surface area (Å²) in [4.78, 5) is 0. The van der Waals surface area contributed by atoms with E-state index in [0.29, 0.717) is 6.04 Å². The number of hydrogen-bond donors (Lipinski definition) is 1. The lowest BCUT2D eigenvalue weighted by Crippen LogP contribution is -2.33. The Bertz CT molecular complexity index is 435. The van der Waals surface area contributed by atoms with Crippen LogP contribution in [0, 0.1) is 12.8 Å². The second kappa shape index (κ2) is 8.33. The molecule has 21 heavy (non-hydrogen) atoms. The summed E-state index contributed by atoms with van der Waals surface area (Å²) in [7, 11) is 2.06. The van der Waals surface area contributed by atoms with Gasteiger partial charge in [-0.2, -0.15) is 5.10 Å². The van der Waals surface area contributed by atoms with E-state index in [9.17, 15) is 0 Å². The number of hydrogen-bond acceptors (Lipinski definition) is 2. The SMILES string of the molecule is CCCNC(CCC1CCCC1)Cc1c(Br)c(C)nn1C. The van der Waals surface area contributed by atoms with Gasteiger partial charge >= 0.3 is 0 Å². The van der Waals surface area contributed by atoms with Gasteiger partial charge in [0.25, 0.3) is 0 Å². The van der Waals surface area contributed by atoms with Gasteiger partial charge in [-0.25, -0.2) is 0 Å². The van der Waals surface area contributed by atoms with Crippen molar-refractivity contribution in [2.75, 3.05) is 6.54 Å². The van der Waals surface area contributed by atoms with Gasteiger partial charge in [0.15, 0.2) is 0 Å². The van der Waals surface area contributed by atoms with Crippen LogP contribution in [0.1, 0.15) is 63.3 Å². The summed E-state index contributed by atoms with van der Waals surface area (Å²) in [6.45, 7) is 5.43. The standard InChI is InChI=1S/C17H30BrN3/c1-4-11-19-15(10-9-14-7-5-6-8-14)12-16-17(18)13(2)20-21(16)3/h14-15,19H,4-12H2,1-3H3. The molecule has 1 aliphatic carbocycles. The molecule has 120 valence electrons. The lowest BCUT2D eigenvalue weighted by molar-refractivity contribution is 0.397. The Labute approximate surface area is 138 Å². The zero-order chi connectivity index (χ0) is 15.2. The maximum absolute atomic E-state index is 4.52. The highest BCUT2D eigenvalue weighted by atomic mass is 79.9. The fraction of sp³-hybridized carbons (Fsp3) is 0.824. The summed E-state index contributed by atoms with van der Waals surface area (Å²) >= 11 is 3.70. The summed E-state index contributed by atoms with van der Waals surface area (Å²) in [5.74, 6) is 0.979. The molecule has 2 rings (SSSR count). The first kappa shape index (κ1) is 17.0. The maximum atomic E-state index is 4.52. The van der Waals surface area contributed by atoms with Crippen molar-refractivity contribution in [3.05, 3.63) is 15.9 Å². The van der Waals surface area contributed by atoms with E-state index in [2.05, 4.69) is 47.2 Å². The minimum absolute atomic E-state index is 0.580. The van der Waals surface area contributed by atoms with E-state index < -0.39 is 0 Å². The average Bonchev–Trinajstić information content (AvgIpc) is 3.05. The Hall–Kier alpha value is -0.350. The van der Waals surface area contributed by atoms with E-state index in [1.807, 2.05) is 4.68 Å². The molecule has 1 fully saturated rings. The molecule has 0 aliphatic heterocycles. The van der Waals surface area contributed by atoms with E-state index in [4.69, 9.17) is 0 Å². The van der Waals surface area contributed by atoms with Crippen molar-refractivity contribution in [1.82, 2.24) is 15.1 Å². The van der Waals surface area contributed by atoms with Gasteiger partial charge in [-0.15, -0.1) is 0 Å². The molecule has 0 amide bonds. The monoisotopic (exact) mass is 355 g/mol. The fourth-order valence-electron chi connectivity index (χ4n) is 3.50. The van der Waals surface area contributed by atoms with Gasteiger partial charge in [-0.1, -0.05) is 32.6 Å². The molecule has 3 nitrogen and oxygen atoms in total. The summed E-state index contributed by atoms with van der Waals surface area (Å²) in [6.07, 6.45) is 10.8. The second-order valence-electron chi connectivity index (χ2n) is 6.55. The molecule has 0 bridgehead atoms. The third kappa shape index (κ3) is 4.82. The predicted molar refractivity (Wildman–Crippen MR) is 92.6 cm³/mol. The van der Waals surface area contributed by atoms with Crippen molar-refractivity contribution < 1.29 is 0 Å². The Kier molecular flexibility index (Phi) is 6.74. The topological polar surface area (TPSA) is 29.9 Å². The van der Waals surface area contributed by atoms with E-state index >= 15 is 0 Å². The van der Waals surface area contributed by atoms with Crippen LogP contribution >= 0.6 is 15.9 Å². The molecule has 1 aromatic rings. The molecule has 4 heteroatoms. The average molecular weight is 356 g/mol. The highest BCUT2D eigenvalue weighted by Gasteiger charge is 2.20. The van der Waals surface area contributed by atoms with Gasteiger partial charge in [-0.05, 0) is 54.6 Å². The van der Waals surface area contributed by atoms with Crippen LogP contribution in [0.3, 0.4) is 0 Å². The summed E-state index contributed by atoms with van der Waals surface area (Å²) in [6, 6.07) is 0.580. The van der Waals surface area contributed by atoms with E-state index in [0.717, 1.165) is 24.6 Å². The van der Waals surface area contributed by atoms with Crippen LogP contribution in [0.25, 0.3) is 0 Å². The number of nitrogens with one attached hydrogen (secondary N) is 1. The fourth-order valence-corrected chi connectivity index (χ4v) is 3.99. The van der Waals surface area contributed by atoms with Crippen LogP contribution in [0.4, 0.5) is 0 Å². The zero-order valence-electron chi connectivity index (χ0n) is 13.8. The van der Waals surface area contributed by atoms with Crippen molar-refractivity contribution in [3.8, 4) is 0 Å². The molecule has 1 aromatic heterocycles. The van der Waals surface area contributed by atoms with Crippen molar-refractivity contribution in [1.29, 1.82) is 0 Å². The minimum Gasteiger partial charge on any atom is -0.314 e. The van der Waals surface area contributed by atoms with Crippen LogP contribution in [-0.2, 0) is 13.5 Å². The molecule has 0 aromatic carbocycles. The first-order valence-electron chi connectivity index (χ1n) is 8.53. The molecule has 1 unspecified atom stereocenters. The van der Waals surface area contributed by atoms with Crippen LogP contribution in [-0.4, -0.2) is 22.4 Å². The molecule has 0 radical (unpaired) electrons. The first-order valence-corrected chi connectivity index (χ1v) is 9.32. The molecule has 0 spiro atoms. The maximum Gasteiger partial charge on any atom is 0.0738 e. The molecule has 1 N–H and O–H groups in total. The van der Waals surface area contributed by atoms with Gasteiger partial charge < -0.3 is 5.32 Å². The number of halogens is 1. The van der Waals surface area contributed by atoms with Crippen LogP contribution in [0.5, 0.6) is 0 Å². The predicted octanol–water partition coefficient (Wildman–Crippen LogP) is 4.37. The third-order valence-electron chi connectivity index (χ3n) is 4.78. The van der Waals surface area contributed by atoms with E-state index in [1.54, 1.807) is 0 Å². The summed E-state index contributed by atoms with van der Waals surface area (Å²) in [5.41, 5.74) is 2.42. The van der Waals surface area contributed by atoms with Crippen LogP contribution in [0.2, 0.25) is 0 Å². The number of nitrogens with zero attached hydrogens (tertiary/aromatic N) is 2. The smallest absolute Gasteiger partial charge is 0.0738 e. The summed E-state index contributed by atoms with van der Waals surface area (Å²) in [5, 5.41) is 8.27.